The van der Waals surface area contributed by atoms with Crippen molar-refractivity contribution in [3.8, 4) is 0 Å². The van der Waals surface area contributed by atoms with E-state index in [1.165, 1.54) is 15.2 Å². The van der Waals surface area contributed by atoms with Gasteiger partial charge in [-0.2, -0.15) is 0 Å². The van der Waals surface area contributed by atoms with Crippen molar-refractivity contribution in [1.82, 2.24) is 0 Å². The van der Waals surface area contributed by atoms with E-state index in [0.717, 1.165) is 6.42 Å². The minimum absolute atomic E-state index is 1.09. The second-order valence-corrected chi connectivity index (χ2v) is 11.3. The molecule has 0 saturated carbocycles. The third kappa shape index (κ3) is 3.32. The van der Waals surface area contributed by atoms with Gasteiger partial charge in [-0.15, -0.1) is 0 Å². The van der Waals surface area contributed by atoms with Gasteiger partial charge in [-0.25, -0.2) is 0 Å². The Morgan fingerprint density at radius 1 is 1.13 bits per heavy atom. The van der Waals surface area contributed by atoms with Crippen molar-refractivity contribution in [1.29, 1.82) is 0 Å². The van der Waals surface area contributed by atoms with Crippen LogP contribution in [0.4, 0.5) is 0 Å². The van der Waals surface area contributed by atoms with Crippen molar-refractivity contribution >= 4 is 29.6 Å². The van der Waals surface area contributed by atoms with E-state index in [-0.39, 0.29) is 0 Å². The molecule has 2 heteroatoms. The SMILES string of the molecule is CC/C(=C(/Br)[Si](C)(C)C)c1ccccc1. The molecule has 0 aliphatic heterocycles. The van der Waals surface area contributed by atoms with Crippen molar-refractivity contribution in [2.45, 2.75) is 33.0 Å². The highest BCUT2D eigenvalue weighted by Gasteiger charge is 2.20. The Bertz CT molecular complexity index is 347. The second kappa shape index (κ2) is 5.13. The van der Waals surface area contributed by atoms with Gasteiger partial charge in [-0.1, -0.05) is 72.8 Å². The summed E-state index contributed by atoms with van der Waals surface area (Å²) >= 11 is 3.80. The first-order valence-electron chi connectivity index (χ1n) is 5.41. The van der Waals surface area contributed by atoms with E-state index in [2.05, 4.69) is 72.8 Å². The average Bonchev–Trinajstić information content (AvgIpc) is 2.19. The topological polar surface area (TPSA) is 0 Å². The van der Waals surface area contributed by atoms with Gasteiger partial charge in [0.2, 0.25) is 0 Å². The van der Waals surface area contributed by atoms with Gasteiger partial charge in [0.15, 0.2) is 0 Å². The molecule has 1 rings (SSSR count). The lowest BCUT2D eigenvalue weighted by Crippen LogP contribution is -2.21. The van der Waals surface area contributed by atoms with E-state index in [1.54, 1.807) is 0 Å². The zero-order valence-corrected chi connectivity index (χ0v) is 12.6. The molecule has 82 valence electrons. The number of allylic oxidation sites excluding steroid dienone is 1. The fourth-order valence-corrected chi connectivity index (χ4v) is 3.31. The molecule has 0 radical (unpaired) electrons. The summed E-state index contributed by atoms with van der Waals surface area (Å²) in [6.07, 6.45) is 1.09. The number of rotatable bonds is 3. The van der Waals surface area contributed by atoms with Crippen molar-refractivity contribution in [2.24, 2.45) is 0 Å². The molecule has 0 atom stereocenters. The van der Waals surface area contributed by atoms with Crippen molar-refractivity contribution < 1.29 is 0 Å². The molecule has 0 nitrogen and oxygen atoms in total. The van der Waals surface area contributed by atoms with Gasteiger partial charge >= 0.3 is 0 Å². The Labute approximate surface area is 103 Å². The molecule has 0 aliphatic carbocycles. The molecule has 0 fully saturated rings. The first-order valence-corrected chi connectivity index (χ1v) is 9.70. The highest BCUT2D eigenvalue weighted by molar-refractivity contribution is 9.12. The van der Waals surface area contributed by atoms with E-state index in [1.807, 2.05) is 0 Å². The van der Waals surface area contributed by atoms with Crippen LogP contribution in [0.5, 0.6) is 0 Å². The third-order valence-electron chi connectivity index (χ3n) is 2.40. The maximum absolute atomic E-state index is 3.80. The quantitative estimate of drug-likeness (QED) is 0.679. The number of hydrogen-bond donors (Lipinski definition) is 0. The number of halogens is 1. The lowest BCUT2D eigenvalue weighted by Gasteiger charge is -2.20. The highest BCUT2D eigenvalue weighted by atomic mass is 79.9. The normalized spacial score (nSPS) is 13.7. The van der Waals surface area contributed by atoms with Crippen LogP contribution in [0.3, 0.4) is 0 Å². The second-order valence-electron chi connectivity index (χ2n) is 4.76. The van der Waals surface area contributed by atoms with Gasteiger partial charge < -0.3 is 0 Å². The van der Waals surface area contributed by atoms with Crippen LogP contribution in [0.2, 0.25) is 19.6 Å². The van der Waals surface area contributed by atoms with Crippen molar-refractivity contribution in [3.05, 3.63) is 40.0 Å². The molecule has 0 unspecified atom stereocenters. The van der Waals surface area contributed by atoms with Crippen LogP contribution >= 0.6 is 15.9 Å². The van der Waals surface area contributed by atoms with Crippen LogP contribution in [-0.4, -0.2) is 8.07 Å². The monoisotopic (exact) mass is 282 g/mol. The van der Waals surface area contributed by atoms with Crippen molar-refractivity contribution in [3.63, 3.8) is 0 Å². The first kappa shape index (κ1) is 12.7. The summed E-state index contributed by atoms with van der Waals surface area (Å²) in [7, 11) is -1.23. The maximum Gasteiger partial charge on any atom is 0.0869 e. The van der Waals surface area contributed by atoms with E-state index in [0.29, 0.717) is 0 Å². The zero-order chi connectivity index (χ0) is 11.5. The molecule has 0 amide bonds. The van der Waals surface area contributed by atoms with Crippen LogP contribution in [0.1, 0.15) is 18.9 Å². The van der Waals surface area contributed by atoms with Gasteiger partial charge in [0.25, 0.3) is 0 Å². The lowest BCUT2D eigenvalue weighted by molar-refractivity contribution is 1.24. The van der Waals surface area contributed by atoms with Gasteiger partial charge in [0, 0.05) is 0 Å². The Kier molecular flexibility index (Phi) is 4.35. The number of benzene rings is 1. The van der Waals surface area contributed by atoms with Crippen LogP contribution < -0.4 is 0 Å². The van der Waals surface area contributed by atoms with E-state index in [9.17, 15) is 0 Å². The van der Waals surface area contributed by atoms with Gasteiger partial charge in [0.1, 0.15) is 0 Å². The molecule has 1 aromatic carbocycles. The molecule has 0 bridgehead atoms. The first-order chi connectivity index (χ1) is 6.96. The van der Waals surface area contributed by atoms with E-state index < -0.39 is 8.07 Å². The Hall–Kier alpha value is -0.343. The third-order valence-corrected chi connectivity index (χ3v) is 8.07. The summed E-state index contributed by atoms with van der Waals surface area (Å²) in [5.41, 5.74) is 2.82. The molecule has 1 aromatic rings. The fraction of sp³-hybridized carbons (Fsp3) is 0.385. The van der Waals surface area contributed by atoms with Crippen LogP contribution in [0.15, 0.2) is 34.4 Å². The summed E-state index contributed by atoms with van der Waals surface area (Å²) in [6, 6.07) is 10.7. The molecule has 0 heterocycles. The Balaban J connectivity index is 3.20. The molecule has 0 N–H and O–H groups in total. The van der Waals surface area contributed by atoms with Gasteiger partial charge in [-0.3, -0.25) is 0 Å². The average molecular weight is 283 g/mol. The zero-order valence-electron chi connectivity index (χ0n) is 9.97. The van der Waals surface area contributed by atoms with Crippen LogP contribution in [-0.2, 0) is 0 Å². The largest absolute Gasteiger partial charge is 0.0869 e. The summed E-state index contributed by atoms with van der Waals surface area (Å²) in [6.45, 7) is 9.34. The summed E-state index contributed by atoms with van der Waals surface area (Å²) in [4.78, 5) is 0. The predicted octanol–water partition coefficient (Wildman–Crippen LogP) is 5.08. The predicted molar refractivity (Wildman–Crippen MR) is 75.9 cm³/mol. The molecule has 0 aromatic heterocycles. The molecular formula is C13H19BrSi. The Morgan fingerprint density at radius 3 is 2.07 bits per heavy atom. The molecular weight excluding hydrogens is 264 g/mol. The summed E-state index contributed by atoms with van der Waals surface area (Å²) < 4.78 is 1.45. The van der Waals surface area contributed by atoms with E-state index >= 15 is 0 Å². The van der Waals surface area contributed by atoms with Gasteiger partial charge in [-0.05, 0) is 21.7 Å². The minimum Gasteiger partial charge on any atom is -0.0651 e. The van der Waals surface area contributed by atoms with E-state index in [4.69, 9.17) is 0 Å². The molecule has 0 saturated heterocycles. The van der Waals surface area contributed by atoms with Crippen molar-refractivity contribution in [2.75, 3.05) is 0 Å². The highest BCUT2D eigenvalue weighted by Crippen LogP contribution is 2.32. The molecule has 0 spiro atoms. The fourth-order valence-electron chi connectivity index (χ4n) is 1.58. The van der Waals surface area contributed by atoms with Gasteiger partial charge in [0.05, 0.1) is 8.07 Å². The number of hydrogen-bond acceptors (Lipinski definition) is 0. The van der Waals surface area contributed by atoms with Crippen LogP contribution in [0.25, 0.3) is 5.57 Å². The Morgan fingerprint density at radius 2 is 1.67 bits per heavy atom. The summed E-state index contributed by atoms with van der Waals surface area (Å²) in [5, 5.41) is 0. The summed E-state index contributed by atoms with van der Waals surface area (Å²) in [5.74, 6) is 0. The molecule has 0 aliphatic rings. The maximum atomic E-state index is 3.80. The van der Waals surface area contributed by atoms with Crippen LogP contribution in [0, 0.1) is 0 Å². The lowest BCUT2D eigenvalue weighted by atomic mass is 10.1. The standard InChI is InChI=1S/C13H19BrSi/c1-5-12(13(14)15(2,3)4)11-9-7-6-8-10-11/h6-10H,5H2,1-4H3/b13-12+. The smallest absolute Gasteiger partial charge is 0.0651 e. The molecule has 15 heavy (non-hydrogen) atoms. The minimum atomic E-state index is -1.23.